The molecule has 1 rings (SSSR count). The van der Waals surface area contributed by atoms with E-state index >= 15 is 0 Å². The van der Waals surface area contributed by atoms with E-state index in [0.29, 0.717) is 0 Å². The molecule has 0 aromatic heterocycles. The second-order valence-electron chi connectivity index (χ2n) is 3.34. The van der Waals surface area contributed by atoms with Crippen LogP contribution in [0.15, 0.2) is 17.0 Å². The third-order valence-corrected chi connectivity index (χ3v) is 2.59. The number of hydrogen-bond donors (Lipinski definition) is 1. The number of alkyl halides is 6. The van der Waals surface area contributed by atoms with E-state index in [1.54, 1.807) is 0 Å². The SMILES string of the molecule is CCc1ccc(S)c(C(F)(F)F)c1C(F)(F)F. The van der Waals surface area contributed by atoms with Gasteiger partial charge in [-0.2, -0.15) is 26.3 Å². The molecule has 0 fully saturated rings. The molecule has 1 aromatic carbocycles. The Balaban J connectivity index is 3.67. The van der Waals surface area contributed by atoms with E-state index < -0.39 is 28.4 Å². The monoisotopic (exact) mass is 274 g/mol. The molecule has 0 saturated carbocycles. The predicted octanol–water partition coefficient (Wildman–Crippen LogP) is 4.58. The van der Waals surface area contributed by atoms with Gasteiger partial charge in [0.25, 0.3) is 0 Å². The average Bonchev–Trinajstić information content (AvgIpc) is 2.13. The van der Waals surface area contributed by atoms with Gasteiger partial charge in [-0.1, -0.05) is 13.0 Å². The van der Waals surface area contributed by atoms with Gasteiger partial charge in [-0.15, -0.1) is 12.6 Å². The van der Waals surface area contributed by atoms with Crippen LogP contribution in [-0.2, 0) is 18.8 Å². The molecular weight excluding hydrogens is 266 g/mol. The Labute approximate surface area is 99.0 Å². The molecule has 0 spiro atoms. The summed E-state index contributed by atoms with van der Waals surface area (Å²) in [5.41, 5.74) is -3.74. The van der Waals surface area contributed by atoms with Crippen LogP contribution in [0.1, 0.15) is 23.6 Å². The maximum absolute atomic E-state index is 12.7. The van der Waals surface area contributed by atoms with Crippen LogP contribution in [0.2, 0.25) is 0 Å². The van der Waals surface area contributed by atoms with Crippen LogP contribution in [0, 0.1) is 0 Å². The molecule has 7 heteroatoms. The van der Waals surface area contributed by atoms with E-state index in [2.05, 4.69) is 12.6 Å². The van der Waals surface area contributed by atoms with Crippen molar-refractivity contribution in [1.82, 2.24) is 0 Å². The first-order valence-corrected chi connectivity index (χ1v) is 5.03. The maximum atomic E-state index is 12.7. The summed E-state index contributed by atoms with van der Waals surface area (Å²) in [6.45, 7) is 1.36. The van der Waals surface area contributed by atoms with Crippen molar-refractivity contribution in [3.8, 4) is 0 Å². The zero-order valence-electron chi connectivity index (χ0n) is 8.58. The van der Waals surface area contributed by atoms with Gasteiger partial charge in [0.1, 0.15) is 0 Å². The normalized spacial score (nSPS) is 12.9. The fourth-order valence-electron chi connectivity index (χ4n) is 1.54. The quantitative estimate of drug-likeness (QED) is 0.562. The molecule has 0 heterocycles. The Kier molecular flexibility index (Phi) is 3.71. The Hall–Kier alpha value is -0.850. The molecule has 17 heavy (non-hydrogen) atoms. The fraction of sp³-hybridized carbons (Fsp3) is 0.400. The number of hydrogen-bond acceptors (Lipinski definition) is 1. The van der Waals surface area contributed by atoms with Gasteiger partial charge in [-0.05, 0) is 18.1 Å². The van der Waals surface area contributed by atoms with Gasteiger partial charge in [0, 0.05) is 4.90 Å². The van der Waals surface area contributed by atoms with Crippen LogP contribution in [0.25, 0.3) is 0 Å². The molecule has 0 aliphatic carbocycles. The molecule has 0 amide bonds. The highest BCUT2D eigenvalue weighted by Crippen LogP contribution is 2.44. The molecule has 0 bridgehead atoms. The van der Waals surface area contributed by atoms with Crippen LogP contribution in [0.3, 0.4) is 0 Å². The van der Waals surface area contributed by atoms with Crippen molar-refractivity contribution in [2.75, 3.05) is 0 Å². The minimum Gasteiger partial charge on any atom is -0.166 e. The van der Waals surface area contributed by atoms with E-state index in [1.165, 1.54) is 6.92 Å². The summed E-state index contributed by atoms with van der Waals surface area (Å²) in [5.74, 6) is 0. The topological polar surface area (TPSA) is 0 Å². The van der Waals surface area contributed by atoms with Crippen molar-refractivity contribution in [3.05, 3.63) is 28.8 Å². The van der Waals surface area contributed by atoms with E-state index in [4.69, 9.17) is 0 Å². The number of aryl methyl sites for hydroxylation is 1. The van der Waals surface area contributed by atoms with E-state index in [9.17, 15) is 26.3 Å². The van der Waals surface area contributed by atoms with Gasteiger partial charge < -0.3 is 0 Å². The summed E-state index contributed by atoms with van der Waals surface area (Å²) in [6, 6.07) is 1.94. The first-order valence-electron chi connectivity index (χ1n) is 4.58. The molecule has 0 radical (unpaired) electrons. The van der Waals surface area contributed by atoms with Crippen LogP contribution < -0.4 is 0 Å². The molecular formula is C10H8F6S. The summed E-state index contributed by atoms with van der Waals surface area (Å²) in [7, 11) is 0. The van der Waals surface area contributed by atoms with Gasteiger partial charge in [0.15, 0.2) is 0 Å². The molecule has 0 aliphatic heterocycles. The smallest absolute Gasteiger partial charge is 0.166 e. The third kappa shape index (κ3) is 2.88. The first kappa shape index (κ1) is 14.2. The van der Waals surface area contributed by atoms with Crippen molar-refractivity contribution in [3.63, 3.8) is 0 Å². The highest BCUT2D eigenvalue weighted by atomic mass is 32.1. The fourth-order valence-corrected chi connectivity index (χ4v) is 1.85. The molecule has 96 valence electrons. The summed E-state index contributed by atoms with van der Waals surface area (Å²) in [6.07, 6.45) is -10.3. The minimum absolute atomic E-state index is 0.133. The van der Waals surface area contributed by atoms with E-state index in [0.717, 1.165) is 12.1 Å². The van der Waals surface area contributed by atoms with E-state index in [-0.39, 0.29) is 12.0 Å². The zero-order chi connectivity index (χ0) is 13.4. The average molecular weight is 274 g/mol. The van der Waals surface area contributed by atoms with Gasteiger partial charge in [-0.25, -0.2) is 0 Å². The summed E-state index contributed by atoms with van der Waals surface area (Å²) >= 11 is 3.46. The van der Waals surface area contributed by atoms with Crippen molar-refractivity contribution in [2.45, 2.75) is 30.6 Å². The summed E-state index contributed by atoms with van der Waals surface area (Å²) < 4.78 is 75.8. The number of thiol groups is 1. The van der Waals surface area contributed by atoms with Crippen molar-refractivity contribution in [2.24, 2.45) is 0 Å². The number of benzene rings is 1. The number of rotatable bonds is 1. The van der Waals surface area contributed by atoms with Crippen molar-refractivity contribution < 1.29 is 26.3 Å². The summed E-state index contributed by atoms with van der Waals surface area (Å²) in [5, 5.41) is 0. The highest BCUT2D eigenvalue weighted by Gasteiger charge is 2.45. The van der Waals surface area contributed by atoms with Gasteiger partial charge in [0.2, 0.25) is 0 Å². The molecule has 0 nitrogen and oxygen atoms in total. The molecule has 0 saturated heterocycles. The lowest BCUT2D eigenvalue weighted by Gasteiger charge is -2.20. The van der Waals surface area contributed by atoms with Gasteiger partial charge in [-0.3, -0.25) is 0 Å². The predicted molar refractivity (Wildman–Crippen MR) is 53.1 cm³/mol. The lowest BCUT2D eigenvalue weighted by Crippen LogP contribution is -2.19. The molecule has 0 atom stereocenters. The van der Waals surface area contributed by atoms with Crippen LogP contribution in [-0.4, -0.2) is 0 Å². The molecule has 0 aliphatic rings. The van der Waals surface area contributed by atoms with Gasteiger partial charge >= 0.3 is 12.4 Å². The second kappa shape index (κ2) is 4.44. The Morgan fingerprint density at radius 3 is 1.76 bits per heavy atom. The number of halogens is 6. The van der Waals surface area contributed by atoms with Crippen molar-refractivity contribution >= 4 is 12.6 Å². The standard InChI is InChI=1S/C10H8F6S/c1-2-5-3-4-6(17)8(10(14,15)16)7(5)9(11,12)13/h3-4,17H,2H2,1H3. The van der Waals surface area contributed by atoms with Crippen LogP contribution >= 0.6 is 12.6 Å². The molecule has 1 aromatic rings. The van der Waals surface area contributed by atoms with Crippen LogP contribution in [0.5, 0.6) is 0 Å². The minimum atomic E-state index is -5.08. The first-order chi connectivity index (χ1) is 7.59. The van der Waals surface area contributed by atoms with Gasteiger partial charge in [0.05, 0.1) is 11.1 Å². The molecule has 0 unspecified atom stereocenters. The zero-order valence-corrected chi connectivity index (χ0v) is 9.47. The van der Waals surface area contributed by atoms with E-state index in [1.807, 2.05) is 0 Å². The lowest BCUT2D eigenvalue weighted by atomic mass is 9.98. The lowest BCUT2D eigenvalue weighted by molar-refractivity contribution is -0.164. The largest absolute Gasteiger partial charge is 0.418 e. The summed E-state index contributed by atoms with van der Waals surface area (Å²) in [4.78, 5) is -0.720. The highest BCUT2D eigenvalue weighted by molar-refractivity contribution is 7.80. The maximum Gasteiger partial charge on any atom is 0.418 e. The second-order valence-corrected chi connectivity index (χ2v) is 3.82. The Bertz CT molecular complexity index is 418. The third-order valence-electron chi connectivity index (χ3n) is 2.22. The van der Waals surface area contributed by atoms with Crippen molar-refractivity contribution in [1.29, 1.82) is 0 Å². The Morgan fingerprint density at radius 1 is 0.941 bits per heavy atom. The molecule has 0 N–H and O–H groups in total. The Morgan fingerprint density at radius 2 is 1.41 bits per heavy atom. The van der Waals surface area contributed by atoms with Crippen LogP contribution in [0.4, 0.5) is 26.3 Å².